The van der Waals surface area contributed by atoms with Crippen LogP contribution in [0.15, 0.2) is 30.3 Å². The first-order valence-corrected chi connectivity index (χ1v) is 8.44. The lowest BCUT2D eigenvalue weighted by atomic mass is 10.0. The van der Waals surface area contributed by atoms with Crippen molar-refractivity contribution in [1.82, 2.24) is 0 Å². The van der Waals surface area contributed by atoms with Crippen molar-refractivity contribution in [1.29, 1.82) is 0 Å². The molecule has 0 amide bonds. The van der Waals surface area contributed by atoms with Gasteiger partial charge >= 0.3 is 0 Å². The molecule has 3 nitrogen and oxygen atoms in total. The van der Waals surface area contributed by atoms with Crippen molar-refractivity contribution < 1.29 is 13.5 Å². The van der Waals surface area contributed by atoms with Crippen molar-refractivity contribution in [2.75, 3.05) is 12.0 Å². The Bertz CT molecular complexity index is 481. The van der Waals surface area contributed by atoms with E-state index < -0.39 is 9.84 Å². The molecule has 0 spiro atoms. The first-order chi connectivity index (χ1) is 8.47. The summed E-state index contributed by atoms with van der Waals surface area (Å²) in [4.78, 5) is 0. The summed E-state index contributed by atoms with van der Waals surface area (Å²) < 4.78 is 22.0. The minimum absolute atomic E-state index is 0.173. The minimum atomic E-state index is -2.90. The molecule has 3 unspecified atom stereocenters. The van der Waals surface area contributed by atoms with Crippen molar-refractivity contribution in [3.8, 4) is 0 Å². The zero-order valence-electron chi connectivity index (χ0n) is 10.6. The first kappa shape index (κ1) is 13.6. The SMILES string of the molecule is CS(=O)(=O)CCCC(O)C1CC1c1ccccc1. The molecule has 2 rings (SSSR count). The molecule has 1 saturated carbocycles. The van der Waals surface area contributed by atoms with E-state index in [9.17, 15) is 13.5 Å². The van der Waals surface area contributed by atoms with Crippen molar-refractivity contribution >= 4 is 9.84 Å². The second-order valence-corrected chi connectivity index (χ2v) is 7.52. The van der Waals surface area contributed by atoms with Crippen LogP contribution in [0.4, 0.5) is 0 Å². The van der Waals surface area contributed by atoms with Crippen molar-refractivity contribution in [3.63, 3.8) is 0 Å². The van der Waals surface area contributed by atoms with Crippen molar-refractivity contribution in [3.05, 3.63) is 35.9 Å². The van der Waals surface area contributed by atoms with E-state index in [1.54, 1.807) is 0 Å². The number of hydrogen-bond donors (Lipinski definition) is 1. The van der Waals surface area contributed by atoms with Gasteiger partial charge in [0.05, 0.1) is 6.10 Å². The summed E-state index contributed by atoms with van der Waals surface area (Å²) in [5.74, 6) is 0.943. The third kappa shape index (κ3) is 3.82. The van der Waals surface area contributed by atoms with Gasteiger partial charge in [-0.3, -0.25) is 0 Å². The highest BCUT2D eigenvalue weighted by molar-refractivity contribution is 7.90. The Morgan fingerprint density at radius 2 is 2.00 bits per heavy atom. The Kier molecular flexibility index (Phi) is 4.07. The van der Waals surface area contributed by atoms with Crippen LogP contribution in [0.2, 0.25) is 0 Å². The fraction of sp³-hybridized carbons (Fsp3) is 0.571. The zero-order valence-corrected chi connectivity index (χ0v) is 11.4. The van der Waals surface area contributed by atoms with Crippen LogP contribution in [-0.2, 0) is 9.84 Å². The largest absolute Gasteiger partial charge is 0.393 e. The molecule has 0 aliphatic heterocycles. The summed E-state index contributed by atoms with van der Waals surface area (Å²) in [6, 6.07) is 10.2. The average molecular weight is 268 g/mol. The molecular weight excluding hydrogens is 248 g/mol. The highest BCUT2D eigenvalue weighted by atomic mass is 32.2. The maximum absolute atomic E-state index is 11.0. The average Bonchev–Trinajstić information content (AvgIpc) is 3.08. The molecule has 100 valence electrons. The van der Waals surface area contributed by atoms with Gasteiger partial charge in [-0.1, -0.05) is 30.3 Å². The van der Waals surface area contributed by atoms with Crippen molar-refractivity contribution in [2.24, 2.45) is 5.92 Å². The molecule has 1 aliphatic rings. The Morgan fingerprint density at radius 1 is 1.33 bits per heavy atom. The van der Waals surface area contributed by atoms with Crippen LogP contribution in [-0.4, -0.2) is 31.6 Å². The third-order valence-electron chi connectivity index (χ3n) is 3.58. The van der Waals surface area contributed by atoms with Gasteiger partial charge in [0, 0.05) is 12.0 Å². The van der Waals surface area contributed by atoms with Gasteiger partial charge in [0.2, 0.25) is 0 Å². The summed E-state index contributed by atoms with van der Waals surface area (Å²) >= 11 is 0. The van der Waals surface area contributed by atoms with E-state index >= 15 is 0 Å². The fourth-order valence-electron chi connectivity index (χ4n) is 2.49. The highest BCUT2D eigenvalue weighted by Crippen LogP contribution is 2.50. The standard InChI is InChI=1S/C14H20O3S/c1-18(16,17)9-5-8-14(15)13-10-12(13)11-6-3-2-4-7-11/h2-4,6-7,12-15H,5,8-10H2,1H3. The maximum Gasteiger partial charge on any atom is 0.147 e. The normalized spacial score (nSPS) is 24.8. The third-order valence-corrected chi connectivity index (χ3v) is 4.61. The van der Waals surface area contributed by atoms with Crippen LogP contribution in [0, 0.1) is 5.92 Å². The molecule has 1 aromatic rings. The van der Waals surface area contributed by atoms with E-state index in [0.29, 0.717) is 24.7 Å². The number of aliphatic hydroxyl groups is 1. The van der Waals surface area contributed by atoms with Gasteiger partial charge in [-0.05, 0) is 36.7 Å². The first-order valence-electron chi connectivity index (χ1n) is 6.38. The summed E-state index contributed by atoms with van der Waals surface area (Å²) in [6.07, 6.45) is 3.03. The van der Waals surface area contributed by atoms with Gasteiger partial charge in [-0.15, -0.1) is 0 Å². The lowest BCUT2D eigenvalue weighted by Crippen LogP contribution is -2.13. The number of benzene rings is 1. The van der Waals surface area contributed by atoms with Gasteiger partial charge in [0.15, 0.2) is 0 Å². The summed E-state index contributed by atoms with van der Waals surface area (Å²) in [6.45, 7) is 0. The molecule has 1 aromatic carbocycles. The lowest BCUT2D eigenvalue weighted by molar-refractivity contribution is 0.138. The molecule has 0 radical (unpaired) electrons. The number of sulfone groups is 1. The molecule has 0 bridgehead atoms. The van der Waals surface area contributed by atoms with Gasteiger partial charge in [-0.2, -0.15) is 0 Å². The van der Waals surface area contributed by atoms with E-state index in [1.807, 2.05) is 18.2 Å². The predicted molar refractivity (Wildman–Crippen MR) is 72.2 cm³/mol. The van der Waals surface area contributed by atoms with Gasteiger partial charge in [0.25, 0.3) is 0 Å². The smallest absolute Gasteiger partial charge is 0.147 e. The lowest BCUT2D eigenvalue weighted by Gasteiger charge is -2.09. The van der Waals surface area contributed by atoms with E-state index in [1.165, 1.54) is 11.8 Å². The van der Waals surface area contributed by atoms with Gasteiger partial charge in [0.1, 0.15) is 9.84 Å². The Morgan fingerprint density at radius 3 is 2.61 bits per heavy atom. The second-order valence-electron chi connectivity index (χ2n) is 5.26. The van der Waals surface area contributed by atoms with Crippen molar-refractivity contribution in [2.45, 2.75) is 31.3 Å². The number of hydrogen-bond acceptors (Lipinski definition) is 3. The molecule has 1 fully saturated rings. The highest BCUT2D eigenvalue weighted by Gasteiger charge is 2.42. The molecule has 18 heavy (non-hydrogen) atoms. The van der Waals surface area contributed by atoms with E-state index in [4.69, 9.17) is 0 Å². The van der Waals surface area contributed by atoms with Crippen LogP contribution >= 0.6 is 0 Å². The van der Waals surface area contributed by atoms with E-state index in [-0.39, 0.29) is 11.9 Å². The topological polar surface area (TPSA) is 54.4 Å². The Labute approximate surface area is 109 Å². The molecule has 1 aliphatic carbocycles. The Balaban J connectivity index is 1.78. The van der Waals surface area contributed by atoms with E-state index in [0.717, 1.165) is 6.42 Å². The quantitative estimate of drug-likeness (QED) is 0.858. The Hall–Kier alpha value is -0.870. The molecule has 0 aromatic heterocycles. The fourth-order valence-corrected chi connectivity index (χ4v) is 3.18. The summed E-state index contributed by atoms with van der Waals surface area (Å²) in [5.41, 5.74) is 1.28. The molecule has 3 atom stereocenters. The van der Waals surface area contributed by atoms with Crippen LogP contribution in [0.25, 0.3) is 0 Å². The molecular formula is C14H20O3S. The maximum atomic E-state index is 11.0. The predicted octanol–water partition coefficient (Wildman–Crippen LogP) is 1.98. The summed E-state index contributed by atoms with van der Waals surface area (Å²) in [5, 5.41) is 10.0. The van der Waals surface area contributed by atoms with E-state index in [2.05, 4.69) is 12.1 Å². The number of rotatable bonds is 6. The molecule has 0 saturated heterocycles. The van der Waals surface area contributed by atoms with Crippen LogP contribution in [0.1, 0.15) is 30.7 Å². The zero-order chi connectivity index (χ0) is 13.2. The molecule has 0 heterocycles. The minimum Gasteiger partial charge on any atom is -0.393 e. The van der Waals surface area contributed by atoms with Crippen LogP contribution < -0.4 is 0 Å². The summed E-state index contributed by atoms with van der Waals surface area (Å²) in [7, 11) is -2.90. The molecule has 1 N–H and O–H groups in total. The van der Waals surface area contributed by atoms with Crippen LogP contribution in [0.3, 0.4) is 0 Å². The number of aliphatic hydroxyl groups excluding tert-OH is 1. The van der Waals surface area contributed by atoms with Gasteiger partial charge in [-0.25, -0.2) is 8.42 Å². The van der Waals surface area contributed by atoms with Crippen LogP contribution in [0.5, 0.6) is 0 Å². The second kappa shape index (κ2) is 5.41. The monoisotopic (exact) mass is 268 g/mol. The van der Waals surface area contributed by atoms with Gasteiger partial charge < -0.3 is 5.11 Å². The molecule has 4 heteroatoms.